The number of nitrogens with zero attached hydrogens (tertiary/aromatic N) is 3. The van der Waals surface area contributed by atoms with Crippen molar-refractivity contribution in [2.24, 2.45) is 0 Å². The van der Waals surface area contributed by atoms with E-state index in [0.29, 0.717) is 26.3 Å². The number of morpholine rings is 1. The fraction of sp³-hybridized carbons (Fsp3) is 0.474. The first-order chi connectivity index (χ1) is 13.3. The molecule has 3 heterocycles. The lowest BCUT2D eigenvalue weighted by Crippen LogP contribution is -2.41. The molecule has 9 heteroatoms. The minimum Gasteiger partial charge on any atom is -0.378 e. The largest absolute Gasteiger partial charge is 0.410 e. The Morgan fingerprint density at radius 1 is 1.21 bits per heavy atom. The van der Waals surface area contributed by atoms with Gasteiger partial charge in [0.1, 0.15) is 5.82 Å². The molecule has 0 spiro atoms. The molecular formula is C19H21F3N4O2. The molecule has 0 radical (unpaired) electrons. The van der Waals surface area contributed by atoms with Gasteiger partial charge in [-0.25, -0.2) is 4.68 Å². The van der Waals surface area contributed by atoms with Crippen LogP contribution in [0.1, 0.15) is 40.1 Å². The van der Waals surface area contributed by atoms with Crippen LogP contribution in [0.15, 0.2) is 30.3 Å². The molecule has 1 aromatic heterocycles. The van der Waals surface area contributed by atoms with E-state index >= 15 is 0 Å². The van der Waals surface area contributed by atoms with Gasteiger partial charge in [-0.3, -0.25) is 4.79 Å². The Hall–Kier alpha value is -2.55. The van der Waals surface area contributed by atoms with Crippen LogP contribution in [0.25, 0.3) is 0 Å². The molecule has 0 unspecified atom stereocenters. The predicted molar refractivity (Wildman–Crippen MR) is 96.2 cm³/mol. The third-order valence-electron chi connectivity index (χ3n) is 5.19. The normalized spacial score (nSPS) is 22.5. The van der Waals surface area contributed by atoms with E-state index in [1.807, 2.05) is 31.2 Å². The van der Waals surface area contributed by atoms with E-state index in [-0.39, 0.29) is 23.8 Å². The van der Waals surface area contributed by atoms with Crippen molar-refractivity contribution in [3.8, 4) is 0 Å². The number of rotatable bonds is 2. The van der Waals surface area contributed by atoms with Gasteiger partial charge in [0.25, 0.3) is 5.91 Å². The summed E-state index contributed by atoms with van der Waals surface area (Å²) >= 11 is 0. The van der Waals surface area contributed by atoms with Crippen LogP contribution in [0.5, 0.6) is 0 Å². The number of amides is 1. The summed E-state index contributed by atoms with van der Waals surface area (Å²) in [5, 5.41) is 7.14. The van der Waals surface area contributed by atoms with Crippen LogP contribution in [-0.4, -0.2) is 53.1 Å². The number of aromatic nitrogens is 2. The number of halogens is 3. The highest BCUT2D eigenvalue weighted by atomic mass is 19.4. The van der Waals surface area contributed by atoms with Gasteiger partial charge in [0.05, 0.1) is 19.3 Å². The summed E-state index contributed by atoms with van der Waals surface area (Å²) in [5.41, 5.74) is 1.83. The standard InChI is InChI=1S/C19H21F3N4O2/c1-12-2-4-13(5-3-12)14-10-16(19(20,21)22)26-17(23-14)11-15(24-26)18(27)25-6-8-28-9-7-25/h2-5,11,14,16,23H,6-10H2,1H3/t14-,16-/m0/s1. The SMILES string of the molecule is Cc1ccc([C@@H]2C[C@@H](C(F)(F)F)n3nc(C(=O)N4CCOCC4)cc3N2)cc1. The molecule has 2 atom stereocenters. The number of benzene rings is 1. The van der Waals surface area contributed by atoms with Crippen LogP contribution >= 0.6 is 0 Å². The fourth-order valence-electron chi connectivity index (χ4n) is 3.62. The van der Waals surface area contributed by atoms with Crippen LogP contribution in [-0.2, 0) is 4.74 Å². The Morgan fingerprint density at radius 3 is 2.54 bits per heavy atom. The molecule has 28 heavy (non-hydrogen) atoms. The molecule has 6 nitrogen and oxygen atoms in total. The summed E-state index contributed by atoms with van der Waals surface area (Å²) in [6, 6.07) is 6.51. The van der Waals surface area contributed by atoms with Crippen molar-refractivity contribution < 1.29 is 22.7 Å². The number of carbonyl (C=O) groups is 1. The van der Waals surface area contributed by atoms with E-state index in [4.69, 9.17) is 4.74 Å². The minimum absolute atomic E-state index is 0.0169. The number of hydrogen-bond donors (Lipinski definition) is 1. The van der Waals surface area contributed by atoms with Gasteiger partial charge in [-0.15, -0.1) is 0 Å². The molecular weight excluding hydrogens is 373 g/mol. The highest BCUT2D eigenvalue weighted by Gasteiger charge is 2.47. The highest BCUT2D eigenvalue weighted by Crippen LogP contribution is 2.43. The van der Waals surface area contributed by atoms with Crippen molar-refractivity contribution in [3.63, 3.8) is 0 Å². The number of nitrogens with one attached hydrogen (secondary N) is 1. The Labute approximate surface area is 160 Å². The van der Waals surface area contributed by atoms with Crippen LogP contribution in [0.4, 0.5) is 19.0 Å². The average molecular weight is 394 g/mol. The first kappa shape index (κ1) is 18.8. The number of ether oxygens (including phenoxy) is 1. The summed E-state index contributed by atoms with van der Waals surface area (Å²) < 4.78 is 47.3. The molecule has 0 aliphatic carbocycles. The van der Waals surface area contributed by atoms with Crippen molar-refractivity contribution in [2.45, 2.75) is 31.6 Å². The molecule has 1 fully saturated rings. The summed E-state index contributed by atoms with van der Waals surface area (Å²) in [6.07, 6.45) is -4.66. The van der Waals surface area contributed by atoms with Gasteiger partial charge in [-0.05, 0) is 12.5 Å². The molecule has 1 amide bonds. The van der Waals surface area contributed by atoms with Crippen molar-refractivity contribution in [3.05, 3.63) is 47.2 Å². The van der Waals surface area contributed by atoms with E-state index < -0.39 is 18.3 Å². The molecule has 0 bridgehead atoms. The average Bonchev–Trinajstić information content (AvgIpc) is 3.11. The molecule has 2 aromatic rings. The summed E-state index contributed by atoms with van der Waals surface area (Å²) in [5.74, 6) is -0.171. The van der Waals surface area contributed by atoms with Crippen LogP contribution in [0.2, 0.25) is 0 Å². The number of carbonyl (C=O) groups excluding carboxylic acids is 1. The molecule has 150 valence electrons. The van der Waals surface area contributed by atoms with Crippen LogP contribution in [0, 0.1) is 6.92 Å². The fourth-order valence-corrected chi connectivity index (χ4v) is 3.62. The number of hydrogen-bond acceptors (Lipinski definition) is 4. The van der Waals surface area contributed by atoms with E-state index in [1.165, 1.54) is 6.07 Å². The van der Waals surface area contributed by atoms with E-state index in [1.54, 1.807) is 4.90 Å². The zero-order valence-electron chi connectivity index (χ0n) is 15.4. The maximum atomic E-state index is 13.7. The molecule has 1 aromatic carbocycles. The zero-order valence-corrected chi connectivity index (χ0v) is 15.4. The zero-order chi connectivity index (χ0) is 19.9. The number of aryl methyl sites for hydroxylation is 1. The lowest BCUT2D eigenvalue weighted by Gasteiger charge is -2.33. The van der Waals surface area contributed by atoms with Crippen LogP contribution in [0.3, 0.4) is 0 Å². The van der Waals surface area contributed by atoms with Gasteiger partial charge in [0.2, 0.25) is 0 Å². The van der Waals surface area contributed by atoms with Crippen molar-refractivity contribution >= 4 is 11.7 Å². The second kappa shape index (κ2) is 7.12. The number of alkyl halides is 3. The Morgan fingerprint density at radius 2 is 1.89 bits per heavy atom. The topological polar surface area (TPSA) is 59.4 Å². The van der Waals surface area contributed by atoms with Crippen LogP contribution < -0.4 is 5.32 Å². The predicted octanol–water partition coefficient (Wildman–Crippen LogP) is 3.32. The molecule has 4 rings (SSSR count). The Kier molecular flexibility index (Phi) is 4.78. The maximum Gasteiger partial charge on any atom is 0.410 e. The van der Waals surface area contributed by atoms with Gasteiger partial charge < -0.3 is 15.0 Å². The first-order valence-electron chi connectivity index (χ1n) is 9.19. The second-order valence-corrected chi connectivity index (χ2v) is 7.16. The van der Waals surface area contributed by atoms with Gasteiger partial charge in [0, 0.05) is 25.6 Å². The molecule has 1 N–H and O–H groups in total. The first-order valence-corrected chi connectivity index (χ1v) is 9.19. The third kappa shape index (κ3) is 3.58. The molecule has 0 saturated carbocycles. The number of anilines is 1. The lowest BCUT2D eigenvalue weighted by atomic mass is 9.96. The van der Waals surface area contributed by atoms with E-state index in [2.05, 4.69) is 10.4 Å². The second-order valence-electron chi connectivity index (χ2n) is 7.16. The summed E-state index contributed by atoms with van der Waals surface area (Å²) in [6.45, 7) is 3.57. The smallest absolute Gasteiger partial charge is 0.378 e. The number of fused-ring (bicyclic) bond motifs is 1. The van der Waals surface area contributed by atoms with Gasteiger partial charge in [-0.1, -0.05) is 29.8 Å². The van der Waals surface area contributed by atoms with Crippen molar-refractivity contribution in [1.29, 1.82) is 0 Å². The van der Waals surface area contributed by atoms with E-state index in [9.17, 15) is 18.0 Å². The van der Waals surface area contributed by atoms with Gasteiger partial charge in [-0.2, -0.15) is 18.3 Å². The molecule has 2 aliphatic rings. The third-order valence-corrected chi connectivity index (χ3v) is 5.19. The summed E-state index contributed by atoms with van der Waals surface area (Å²) in [4.78, 5) is 14.2. The maximum absolute atomic E-state index is 13.7. The van der Waals surface area contributed by atoms with E-state index in [0.717, 1.165) is 15.8 Å². The minimum atomic E-state index is -4.47. The van der Waals surface area contributed by atoms with Gasteiger partial charge in [0.15, 0.2) is 11.7 Å². The van der Waals surface area contributed by atoms with Gasteiger partial charge >= 0.3 is 6.18 Å². The van der Waals surface area contributed by atoms with Crippen molar-refractivity contribution in [2.75, 3.05) is 31.6 Å². The lowest BCUT2D eigenvalue weighted by molar-refractivity contribution is -0.173. The Bertz CT molecular complexity index is 857. The van der Waals surface area contributed by atoms with Crippen molar-refractivity contribution in [1.82, 2.24) is 14.7 Å². The molecule has 2 aliphatic heterocycles. The highest BCUT2D eigenvalue weighted by molar-refractivity contribution is 5.93. The Balaban J connectivity index is 1.65. The quantitative estimate of drug-likeness (QED) is 0.849. The molecule has 1 saturated heterocycles. The summed E-state index contributed by atoms with van der Waals surface area (Å²) in [7, 11) is 0. The monoisotopic (exact) mass is 394 g/mol.